The van der Waals surface area contributed by atoms with Gasteiger partial charge in [0.05, 0.1) is 5.69 Å². The molecule has 0 atom stereocenters. The van der Waals surface area contributed by atoms with Crippen molar-refractivity contribution in [2.75, 3.05) is 0 Å². The third-order valence-corrected chi connectivity index (χ3v) is 2.81. The molecule has 91 valence electrons. The van der Waals surface area contributed by atoms with E-state index < -0.39 is 0 Å². The van der Waals surface area contributed by atoms with Crippen LogP contribution < -0.4 is 0 Å². The Morgan fingerprint density at radius 2 is 1.50 bits per heavy atom. The molecule has 1 heterocycles. The first-order valence-corrected chi connectivity index (χ1v) is 5.48. The van der Waals surface area contributed by atoms with E-state index >= 15 is 0 Å². The number of hydrogen-bond acceptors (Lipinski definition) is 2. The predicted molar refractivity (Wildman–Crippen MR) is 68.8 cm³/mol. The Kier molecular flexibility index (Phi) is 3.75. The molecule has 18 heavy (non-hydrogen) atoms. The van der Waals surface area contributed by atoms with E-state index in [1.54, 1.807) is 12.1 Å². The minimum Gasteiger partial charge on any atom is -0.507 e. The second-order valence-electron chi connectivity index (χ2n) is 3.93. The Hall–Kier alpha value is -1.70. The zero-order valence-corrected chi connectivity index (χ0v) is 11.9. The van der Waals surface area contributed by atoms with Gasteiger partial charge in [-0.25, -0.2) is 0 Å². The Balaban J connectivity index is 0.00000120. The van der Waals surface area contributed by atoms with Crippen molar-refractivity contribution in [3.63, 3.8) is 0 Å². The Labute approximate surface area is 119 Å². The molecule has 0 unspecified atom stereocenters. The van der Waals surface area contributed by atoms with Gasteiger partial charge in [-0.2, -0.15) is 0 Å². The maximum absolute atomic E-state index is 9.80. The standard InChI is InChI=1S/C15H11NO.Ir/c17-15-8-4-3-7-13(15)14-9-11-5-1-2-6-12(11)10-16-14;/h1-10,17H;. The van der Waals surface area contributed by atoms with Gasteiger partial charge in [0.25, 0.3) is 0 Å². The maximum Gasteiger partial charge on any atom is 0.124 e. The number of rotatable bonds is 1. The van der Waals surface area contributed by atoms with Crippen LogP contribution in [0.3, 0.4) is 0 Å². The van der Waals surface area contributed by atoms with E-state index in [1.165, 1.54) is 0 Å². The normalized spacial score (nSPS) is 10.0. The zero-order valence-electron chi connectivity index (χ0n) is 9.50. The number of benzene rings is 2. The molecule has 1 radical (unpaired) electrons. The monoisotopic (exact) mass is 414 g/mol. The molecular formula is C15H11IrNO. The maximum atomic E-state index is 9.80. The molecule has 0 fully saturated rings. The third kappa shape index (κ3) is 2.28. The van der Waals surface area contributed by atoms with Crippen LogP contribution >= 0.6 is 0 Å². The molecule has 3 aromatic rings. The summed E-state index contributed by atoms with van der Waals surface area (Å²) >= 11 is 0. The number of aromatic hydroxyl groups is 1. The summed E-state index contributed by atoms with van der Waals surface area (Å²) in [6.07, 6.45) is 1.83. The van der Waals surface area contributed by atoms with Crippen molar-refractivity contribution in [1.82, 2.24) is 4.98 Å². The molecule has 0 aliphatic rings. The van der Waals surface area contributed by atoms with Crippen LogP contribution in [0, 0.1) is 0 Å². The van der Waals surface area contributed by atoms with Gasteiger partial charge in [-0.05, 0) is 23.6 Å². The van der Waals surface area contributed by atoms with E-state index in [4.69, 9.17) is 0 Å². The number of hydrogen-bond donors (Lipinski definition) is 1. The van der Waals surface area contributed by atoms with Crippen molar-refractivity contribution in [2.45, 2.75) is 0 Å². The van der Waals surface area contributed by atoms with E-state index in [2.05, 4.69) is 4.98 Å². The molecule has 3 rings (SSSR count). The molecule has 1 N–H and O–H groups in total. The average molecular weight is 413 g/mol. The van der Waals surface area contributed by atoms with Crippen molar-refractivity contribution in [2.24, 2.45) is 0 Å². The second kappa shape index (κ2) is 5.30. The first-order chi connectivity index (χ1) is 8.34. The molecule has 0 bridgehead atoms. The number of phenolic OH excluding ortho intramolecular Hbond substituents is 1. The van der Waals surface area contributed by atoms with E-state index in [0.717, 1.165) is 22.0 Å². The summed E-state index contributed by atoms with van der Waals surface area (Å²) in [5, 5.41) is 12.0. The molecule has 2 nitrogen and oxygen atoms in total. The van der Waals surface area contributed by atoms with E-state index in [0.29, 0.717) is 0 Å². The molecule has 0 aliphatic heterocycles. The van der Waals surface area contributed by atoms with Gasteiger partial charge >= 0.3 is 0 Å². The van der Waals surface area contributed by atoms with Gasteiger partial charge in [0.1, 0.15) is 5.75 Å². The van der Waals surface area contributed by atoms with Crippen molar-refractivity contribution in [3.8, 4) is 17.0 Å². The van der Waals surface area contributed by atoms with Crippen molar-refractivity contribution in [3.05, 3.63) is 60.8 Å². The average Bonchev–Trinajstić information content (AvgIpc) is 2.39. The van der Waals surface area contributed by atoms with E-state index in [9.17, 15) is 5.11 Å². The molecule has 1 aromatic heterocycles. The molecule has 0 aliphatic carbocycles. The van der Waals surface area contributed by atoms with Crippen LogP contribution in [-0.2, 0) is 20.1 Å². The topological polar surface area (TPSA) is 33.1 Å². The Morgan fingerprint density at radius 1 is 0.833 bits per heavy atom. The van der Waals surface area contributed by atoms with Gasteiger partial charge in [-0.1, -0.05) is 36.4 Å². The summed E-state index contributed by atoms with van der Waals surface area (Å²) in [7, 11) is 0. The summed E-state index contributed by atoms with van der Waals surface area (Å²) in [6.45, 7) is 0. The fraction of sp³-hybridized carbons (Fsp3) is 0. The molecule has 0 amide bonds. The molecule has 0 saturated heterocycles. The van der Waals surface area contributed by atoms with E-state index in [-0.39, 0.29) is 25.9 Å². The van der Waals surface area contributed by atoms with Gasteiger partial charge in [0.15, 0.2) is 0 Å². The number of fused-ring (bicyclic) bond motifs is 1. The van der Waals surface area contributed by atoms with Crippen LogP contribution in [0.15, 0.2) is 60.8 Å². The zero-order chi connectivity index (χ0) is 11.7. The van der Waals surface area contributed by atoms with Crippen LogP contribution in [0.2, 0.25) is 0 Å². The first-order valence-electron chi connectivity index (χ1n) is 5.48. The largest absolute Gasteiger partial charge is 0.507 e. The van der Waals surface area contributed by atoms with Gasteiger partial charge in [0, 0.05) is 37.3 Å². The van der Waals surface area contributed by atoms with Crippen molar-refractivity contribution in [1.29, 1.82) is 0 Å². The molecule has 0 saturated carbocycles. The Bertz CT molecular complexity index is 682. The minimum absolute atomic E-state index is 0. The van der Waals surface area contributed by atoms with Crippen molar-refractivity contribution < 1.29 is 25.2 Å². The van der Waals surface area contributed by atoms with E-state index in [1.807, 2.05) is 48.7 Å². The summed E-state index contributed by atoms with van der Waals surface area (Å²) in [4.78, 5) is 4.38. The smallest absolute Gasteiger partial charge is 0.124 e. The summed E-state index contributed by atoms with van der Waals surface area (Å²) < 4.78 is 0. The molecule has 3 heteroatoms. The fourth-order valence-corrected chi connectivity index (χ4v) is 1.92. The first kappa shape index (κ1) is 12.7. The van der Waals surface area contributed by atoms with Crippen LogP contribution in [-0.4, -0.2) is 10.1 Å². The van der Waals surface area contributed by atoms with Gasteiger partial charge < -0.3 is 5.11 Å². The van der Waals surface area contributed by atoms with Crippen LogP contribution in [0.25, 0.3) is 22.0 Å². The third-order valence-electron chi connectivity index (χ3n) is 2.81. The number of aromatic nitrogens is 1. The van der Waals surface area contributed by atoms with Crippen molar-refractivity contribution >= 4 is 10.8 Å². The molecule has 2 aromatic carbocycles. The quantitative estimate of drug-likeness (QED) is 0.661. The predicted octanol–water partition coefficient (Wildman–Crippen LogP) is 3.60. The number of nitrogens with zero attached hydrogens (tertiary/aromatic N) is 1. The number of para-hydroxylation sites is 1. The molecular weight excluding hydrogens is 402 g/mol. The summed E-state index contributed by atoms with van der Waals surface area (Å²) in [5.41, 5.74) is 1.56. The number of phenols is 1. The van der Waals surface area contributed by atoms with Gasteiger partial charge in [0.2, 0.25) is 0 Å². The van der Waals surface area contributed by atoms with Crippen LogP contribution in [0.4, 0.5) is 0 Å². The number of pyridine rings is 1. The van der Waals surface area contributed by atoms with Crippen LogP contribution in [0.5, 0.6) is 5.75 Å². The van der Waals surface area contributed by atoms with Gasteiger partial charge in [-0.15, -0.1) is 0 Å². The molecule has 0 spiro atoms. The second-order valence-corrected chi connectivity index (χ2v) is 3.93. The minimum atomic E-state index is 0. The fourth-order valence-electron chi connectivity index (χ4n) is 1.92. The van der Waals surface area contributed by atoms with Crippen LogP contribution in [0.1, 0.15) is 0 Å². The SMILES string of the molecule is Oc1ccccc1-c1cc2ccccc2cn1.[Ir]. The van der Waals surface area contributed by atoms with Gasteiger partial charge in [-0.3, -0.25) is 4.98 Å². The Morgan fingerprint density at radius 3 is 2.28 bits per heavy atom. The summed E-state index contributed by atoms with van der Waals surface area (Å²) in [5.74, 6) is 0.260. The summed E-state index contributed by atoms with van der Waals surface area (Å²) in [6, 6.07) is 17.3.